The van der Waals surface area contributed by atoms with Gasteiger partial charge in [0.05, 0.1) is 7.11 Å². The van der Waals surface area contributed by atoms with E-state index in [1.54, 1.807) is 7.11 Å². The van der Waals surface area contributed by atoms with Gasteiger partial charge < -0.3 is 4.74 Å². The SMILES string of the molecule is COc1cccc(Br)c1-c1c(Cl)cccc1Br. The fourth-order valence-electron chi connectivity index (χ4n) is 1.65. The molecule has 1 nitrogen and oxygen atoms in total. The van der Waals surface area contributed by atoms with Gasteiger partial charge in [-0.3, -0.25) is 0 Å². The number of benzene rings is 2. The summed E-state index contributed by atoms with van der Waals surface area (Å²) in [6, 6.07) is 11.5. The van der Waals surface area contributed by atoms with Crippen LogP contribution in [0.15, 0.2) is 45.3 Å². The Morgan fingerprint density at radius 1 is 0.941 bits per heavy atom. The van der Waals surface area contributed by atoms with E-state index in [9.17, 15) is 0 Å². The van der Waals surface area contributed by atoms with Gasteiger partial charge in [0.2, 0.25) is 0 Å². The average molecular weight is 376 g/mol. The van der Waals surface area contributed by atoms with Crippen molar-refractivity contribution < 1.29 is 4.74 Å². The predicted octanol–water partition coefficient (Wildman–Crippen LogP) is 5.54. The second-order valence-corrected chi connectivity index (χ2v) is 5.53. The lowest BCUT2D eigenvalue weighted by atomic mass is 10.0. The third-order valence-electron chi connectivity index (χ3n) is 2.41. The first-order valence-electron chi connectivity index (χ1n) is 4.92. The predicted molar refractivity (Wildman–Crippen MR) is 78.8 cm³/mol. The molecule has 0 unspecified atom stereocenters. The fourth-order valence-corrected chi connectivity index (χ4v) is 3.15. The maximum Gasteiger partial charge on any atom is 0.127 e. The van der Waals surface area contributed by atoms with Crippen LogP contribution >= 0.6 is 43.5 Å². The van der Waals surface area contributed by atoms with Crippen molar-refractivity contribution >= 4 is 43.5 Å². The number of ether oxygens (including phenoxy) is 1. The molecule has 0 aliphatic carbocycles. The van der Waals surface area contributed by atoms with Crippen molar-refractivity contribution in [3.05, 3.63) is 50.4 Å². The van der Waals surface area contributed by atoms with Crippen LogP contribution in [0.3, 0.4) is 0 Å². The maximum atomic E-state index is 6.26. The van der Waals surface area contributed by atoms with Gasteiger partial charge in [-0.25, -0.2) is 0 Å². The Labute approximate surface area is 122 Å². The van der Waals surface area contributed by atoms with E-state index >= 15 is 0 Å². The van der Waals surface area contributed by atoms with E-state index in [1.807, 2.05) is 36.4 Å². The summed E-state index contributed by atoms with van der Waals surface area (Å²) in [4.78, 5) is 0. The highest BCUT2D eigenvalue weighted by atomic mass is 79.9. The van der Waals surface area contributed by atoms with Gasteiger partial charge in [-0.1, -0.05) is 55.6 Å². The normalized spacial score (nSPS) is 10.4. The molecule has 0 atom stereocenters. The van der Waals surface area contributed by atoms with Gasteiger partial charge in [0.15, 0.2) is 0 Å². The van der Waals surface area contributed by atoms with Gasteiger partial charge >= 0.3 is 0 Å². The molecule has 0 heterocycles. The summed E-state index contributed by atoms with van der Waals surface area (Å²) >= 11 is 13.3. The van der Waals surface area contributed by atoms with Crippen molar-refractivity contribution in [1.29, 1.82) is 0 Å². The van der Waals surface area contributed by atoms with Gasteiger partial charge in [0, 0.05) is 25.1 Å². The Morgan fingerprint density at radius 2 is 1.53 bits per heavy atom. The molecular formula is C13H9Br2ClO. The highest BCUT2D eigenvalue weighted by Crippen LogP contribution is 2.43. The maximum absolute atomic E-state index is 6.26. The zero-order valence-electron chi connectivity index (χ0n) is 9.01. The lowest BCUT2D eigenvalue weighted by molar-refractivity contribution is 0.416. The van der Waals surface area contributed by atoms with Crippen molar-refractivity contribution in [2.45, 2.75) is 0 Å². The molecule has 2 rings (SSSR count). The zero-order valence-corrected chi connectivity index (χ0v) is 12.9. The summed E-state index contributed by atoms with van der Waals surface area (Å²) in [6.07, 6.45) is 0. The summed E-state index contributed by atoms with van der Waals surface area (Å²) < 4.78 is 7.27. The van der Waals surface area contributed by atoms with E-state index in [2.05, 4.69) is 31.9 Å². The summed E-state index contributed by atoms with van der Waals surface area (Å²) in [5.74, 6) is 0.785. The lowest BCUT2D eigenvalue weighted by Crippen LogP contribution is -1.90. The second-order valence-electron chi connectivity index (χ2n) is 3.41. The Hall–Kier alpha value is -0.510. The lowest BCUT2D eigenvalue weighted by Gasteiger charge is -2.13. The van der Waals surface area contributed by atoms with Crippen LogP contribution in [0.2, 0.25) is 5.02 Å². The Balaban J connectivity index is 2.76. The van der Waals surface area contributed by atoms with Crippen LogP contribution < -0.4 is 4.74 Å². The minimum atomic E-state index is 0.685. The molecule has 0 saturated carbocycles. The monoisotopic (exact) mass is 374 g/mol. The van der Waals surface area contributed by atoms with Crippen LogP contribution in [0.4, 0.5) is 0 Å². The van der Waals surface area contributed by atoms with E-state index in [4.69, 9.17) is 16.3 Å². The molecule has 88 valence electrons. The molecule has 0 bridgehead atoms. The number of methoxy groups -OCH3 is 1. The third-order valence-corrected chi connectivity index (χ3v) is 4.04. The Kier molecular flexibility index (Phi) is 4.13. The number of hydrogen-bond acceptors (Lipinski definition) is 1. The molecule has 0 aliphatic rings. The number of hydrogen-bond donors (Lipinski definition) is 0. The standard InChI is InChI=1S/C13H9Br2ClO/c1-17-11-7-3-5-9(15)13(11)12-8(14)4-2-6-10(12)16/h2-7H,1H3. The molecular weight excluding hydrogens is 367 g/mol. The van der Waals surface area contributed by atoms with Crippen molar-refractivity contribution in [2.75, 3.05) is 7.11 Å². The molecule has 0 amide bonds. The summed E-state index contributed by atoms with van der Waals surface area (Å²) in [5.41, 5.74) is 1.88. The first kappa shape index (κ1) is 12.9. The smallest absolute Gasteiger partial charge is 0.127 e. The van der Waals surface area contributed by atoms with Crippen LogP contribution in [0, 0.1) is 0 Å². The minimum Gasteiger partial charge on any atom is -0.496 e. The first-order chi connectivity index (χ1) is 8.15. The van der Waals surface area contributed by atoms with Gasteiger partial charge in [-0.15, -0.1) is 0 Å². The second kappa shape index (κ2) is 5.42. The zero-order chi connectivity index (χ0) is 12.4. The van der Waals surface area contributed by atoms with Gasteiger partial charge in [0.25, 0.3) is 0 Å². The van der Waals surface area contributed by atoms with Crippen molar-refractivity contribution in [1.82, 2.24) is 0 Å². The third kappa shape index (κ3) is 2.51. The molecule has 0 aliphatic heterocycles. The molecule has 0 fully saturated rings. The van der Waals surface area contributed by atoms with E-state index in [0.717, 1.165) is 25.8 Å². The topological polar surface area (TPSA) is 9.23 Å². The van der Waals surface area contributed by atoms with Crippen molar-refractivity contribution in [3.8, 4) is 16.9 Å². The molecule has 0 radical (unpaired) electrons. The molecule has 4 heteroatoms. The molecule has 0 N–H and O–H groups in total. The quantitative estimate of drug-likeness (QED) is 0.669. The van der Waals surface area contributed by atoms with Crippen LogP contribution in [-0.4, -0.2) is 7.11 Å². The molecule has 2 aromatic rings. The Morgan fingerprint density at radius 3 is 2.12 bits per heavy atom. The summed E-state index contributed by atoms with van der Waals surface area (Å²) in [6.45, 7) is 0. The molecule has 2 aromatic carbocycles. The number of halogens is 3. The summed E-state index contributed by atoms with van der Waals surface area (Å²) in [5, 5.41) is 0.685. The minimum absolute atomic E-state index is 0.685. The largest absolute Gasteiger partial charge is 0.496 e. The van der Waals surface area contributed by atoms with Crippen LogP contribution in [0.1, 0.15) is 0 Å². The number of rotatable bonds is 2. The Bertz CT molecular complexity index is 535. The molecule has 17 heavy (non-hydrogen) atoms. The molecule has 0 saturated heterocycles. The van der Waals surface area contributed by atoms with E-state index in [1.165, 1.54) is 0 Å². The average Bonchev–Trinajstić information content (AvgIpc) is 2.30. The van der Waals surface area contributed by atoms with Crippen LogP contribution in [0.25, 0.3) is 11.1 Å². The van der Waals surface area contributed by atoms with E-state index in [0.29, 0.717) is 5.02 Å². The van der Waals surface area contributed by atoms with Crippen LogP contribution in [-0.2, 0) is 0 Å². The summed E-state index contributed by atoms with van der Waals surface area (Å²) in [7, 11) is 1.65. The molecule has 0 aromatic heterocycles. The highest BCUT2D eigenvalue weighted by molar-refractivity contribution is 9.11. The van der Waals surface area contributed by atoms with E-state index in [-0.39, 0.29) is 0 Å². The van der Waals surface area contributed by atoms with Gasteiger partial charge in [-0.05, 0) is 24.3 Å². The molecule has 0 spiro atoms. The van der Waals surface area contributed by atoms with Crippen molar-refractivity contribution in [2.24, 2.45) is 0 Å². The fraction of sp³-hybridized carbons (Fsp3) is 0.0769. The van der Waals surface area contributed by atoms with Crippen molar-refractivity contribution in [3.63, 3.8) is 0 Å². The first-order valence-corrected chi connectivity index (χ1v) is 6.88. The van der Waals surface area contributed by atoms with Gasteiger partial charge in [0.1, 0.15) is 5.75 Å². The van der Waals surface area contributed by atoms with Gasteiger partial charge in [-0.2, -0.15) is 0 Å². The highest BCUT2D eigenvalue weighted by Gasteiger charge is 2.15. The van der Waals surface area contributed by atoms with E-state index < -0.39 is 0 Å². The van der Waals surface area contributed by atoms with Crippen LogP contribution in [0.5, 0.6) is 5.75 Å².